The molecule has 2 aromatic rings. The van der Waals surface area contributed by atoms with E-state index in [2.05, 4.69) is 32.2 Å². The Morgan fingerprint density at radius 1 is 1.23 bits per heavy atom. The van der Waals surface area contributed by atoms with Crippen LogP contribution in [0, 0.1) is 6.92 Å². The lowest BCUT2D eigenvalue weighted by atomic mass is 10.0. The lowest BCUT2D eigenvalue weighted by molar-refractivity contribution is -0.138. The molecule has 0 aromatic carbocycles. The van der Waals surface area contributed by atoms with Gasteiger partial charge in [0.15, 0.2) is 0 Å². The van der Waals surface area contributed by atoms with Crippen LogP contribution in [0.15, 0.2) is 22.8 Å². The molecular formula is C21H27BrF3N3O2. The molecule has 1 aliphatic rings. The predicted molar refractivity (Wildman–Crippen MR) is 113 cm³/mol. The topological polar surface area (TPSA) is 37.2 Å². The van der Waals surface area contributed by atoms with Crippen LogP contribution < -0.4 is 0 Å². The molecule has 1 saturated heterocycles. The first-order valence-electron chi connectivity index (χ1n) is 10.1. The number of piperazine rings is 1. The van der Waals surface area contributed by atoms with E-state index >= 15 is 0 Å². The van der Waals surface area contributed by atoms with Crippen molar-refractivity contribution in [3.8, 4) is 0 Å². The number of carbonyl (C=O) groups is 1. The van der Waals surface area contributed by atoms with Crippen LogP contribution in [0.25, 0.3) is 5.52 Å². The molecule has 0 N–H and O–H groups in total. The third-order valence-electron chi connectivity index (χ3n) is 5.71. The molecule has 5 nitrogen and oxygen atoms in total. The molecule has 1 unspecified atom stereocenters. The van der Waals surface area contributed by atoms with Gasteiger partial charge in [0, 0.05) is 60.6 Å². The van der Waals surface area contributed by atoms with Crippen LogP contribution in [-0.2, 0) is 4.74 Å². The maximum absolute atomic E-state index is 12.5. The second kappa shape index (κ2) is 9.28. The number of nitrogens with zero attached hydrogens (tertiary/aromatic N) is 3. The number of aromatic nitrogens is 1. The van der Waals surface area contributed by atoms with Gasteiger partial charge in [-0.2, -0.15) is 13.2 Å². The summed E-state index contributed by atoms with van der Waals surface area (Å²) in [4.78, 5) is 16.6. The normalized spacial score (nSPS) is 17.4. The highest BCUT2D eigenvalue weighted by atomic mass is 79.9. The van der Waals surface area contributed by atoms with Crippen molar-refractivity contribution in [1.29, 1.82) is 0 Å². The summed E-state index contributed by atoms with van der Waals surface area (Å²) < 4.78 is 45.7. The van der Waals surface area contributed by atoms with Crippen molar-refractivity contribution in [3.05, 3.63) is 39.6 Å². The van der Waals surface area contributed by atoms with E-state index in [4.69, 9.17) is 4.74 Å². The second-order valence-electron chi connectivity index (χ2n) is 7.66. The van der Waals surface area contributed by atoms with Gasteiger partial charge in [-0.05, 0) is 54.4 Å². The van der Waals surface area contributed by atoms with E-state index in [1.165, 1.54) is 0 Å². The van der Waals surface area contributed by atoms with Crippen molar-refractivity contribution in [2.45, 2.75) is 39.4 Å². The maximum Gasteiger partial charge on any atom is 0.390 e. The molecule has 9 heteroatoms. The Balaban J connectivity index is 1.83. The van der Waals surface area contributed by atoms with Crippen LogP contribution in [-0.4, -0.2) is 65.7 Å². The fraction of sp³-hybridized carbons (Fsp3) is 0.571. The van der Waals surface area contributed by atoms with Gasteiger partial charge in [0.1, 0.15) is 0 Å². The van der Waals surface area contributed by atoms with Gasteiger partial charge in [-0.15, -0.1) is 0 Å². The summed E-state index contributed by atoms with van der Waals surface area (Å²) in [5, 5.41) is 0. The molecule has 1 atom stereocenters. The largest absolute Gasteiger partial charge is 0.462 e. The average molecular weight is 490 g/mol. The number of carbonyl (C=O) groups excluding carboxylic acids is 1. The highest BCUT2D eigenvalue weighted by molar-refractivity contribution is 9.10. The molecule has 1 fully saturated rings. The molecule has 0 radical (unpaired) electrons. The quantitative estimate of drug-likeness (QED) is 0.545. The highest BCUT2D eigenvalue weighted by Crippen LogP contribution is 2.31. The van der Waals surface area contributed by atoms with Crippen molar-refractivity contribution < 1.29 is 22.7 Å². The van der Waals surface area contributed by atoms with Crippen LogP contribution in [0.1, 0.15) is 47.9 Å². The minimum atomic E-state index is -4.12. The summed E-state index contributed by atoms with van der Waals surface area (Å²) in [6.07, 6.45) is -2.92. The Labute approximate surface area is 182 Å². The van der Waals surface area contributed by atoms with Gasteiger partial charge in [0.2, 0.25) is 0 Å². The fourth-order valence-corrected chi connectivity index (χ4v) is 4.55. The Bertz CT molecular complexity index is 905. The van der Waals surface area contributed by atoms with Gasteiger partial charge in [-0.25, -0.2) is 4.79 Å². The van der Waals surface area contributed by atoms with Crippen molar-refractivity contribution in [2.75, 3.05) is 39.3 Å². The Morgan fingerprint density at radius 2 is 1.90 bits per heavy atom. The van der Waals surface area contributed by atoms with Gasteiger partial charge in [0.25, 0.3) is 0 Å². The molecule has 30 heavy (non-hydrogen) atoms. The molecule has 3 rings (SSSR count). The van der Waals surface area contributed by atoms with E-state index < -0.39 is 12.6 Å². The lowest BCUT2D eigenvalue weighted by Gasteiger charge is -2.39. The summed E-state index contributed by atoms with van der Waals surface area (Å²) in [5.74, 6) is -0.347. The first-order valence-corrected chi connectivity index (χ1v) is 10.9. The predicted octanol–water partition coefficient (Wildman–Crippen LogP) is 4.82. The summed E-state index contributed by atoms with van der Waals surface area (Å²) >= 11 is 3.51. The lowest BCUT2D eigenvalue weighted by Crippen LogP contribution is -2.48. The molecular weight excluding hydrogens is 463 g/mol. The van der Waals surface area contributed by atoms with E-state index in [1.54, 1.807) is 6.92 Å². The summed E-state index contributed by atoms with van der Waals surface area (Å²) in [6, 6.07) is 3.78. The zero-order valence-electron chi connectivity index (χ0n) is 17.4. The first kappa shape index (κ1) is 23.1. The standard InChI is InChI=1S/C21H27BrF3N3O2/c1-4-30-20(29)18-12-17-11-16(22)13-28(17)19(14(18)2)15(3)27-9-7-26(8-10-27)6-5-21(23,24)25/h11-13,15H,4-10H2,1-3H3. The van der Waals surface area contributed by atoms with Crippen molar-refractivity contribution in [3.63, 3.8) is 0 Å². The molecule has 1 aliphatic heterocycles. The van der Waals surface area contributed by atoms with Crippen LogP contribution in [0.2, 0.25) is 0 Å². The summed E-state index contributed by atoms with van der Waals surface area (Å²) in [7, 11) is 0. The number of alkyl halides is 3. The zero-order valence-corrected chi connectivity index (χ0v) is 19.0. The summed E-state index contributed by atoms with van der Waals surface area (Å²) in [5.41, 5.74) is 3.28. The van der Waals surface area contributed by atoms with Crippen molar-refractivity contribution in [2.24, 2.45) is 0 Å². The fourth-order valence-electron chi connectivity index (χ4n) is 4.11. The smallest absolute Gasteiger partial charge is 0.390 e. The van der Waals surface area contributed by atoms with Crippen LogP contribution in [0.5, 0.6) is 0 Å². The third kappa shape index (κ3) is 5.18. The number of fused-ring (bicyclic) bond motifs is 1. The van der Waals surface area contributed by atoms with Gasteiger partial charge < -0.3 is 14.0 Å². The van der Waals surface area contributed by atoms with Gasteiger partial charge in [-0.1, -0.05) is 0 Å². The molecule has 166 valence electrons. The molecule has 3 heterocycles. The number of hydrogen-bond acceptors (Lipinski definition) is 4. The SMILES string of the molecule is CCOC(=O)c1cc2cc(Br)cn2c(C(C)N2CCN(CCC(F)(F)F)CC2)c1C. The monoisotopic (exact) mass is 489 g/mol. The van der Waals surface area contributed by atoms with Gasteiger partial charge in [-0.3, -0.25) is 4.90 Å². The molecule has 0 saturated carbocycles. The highest BCUT2D eigenvalue weighted by Gasteiger charge is 2.30. The third-order valence-corrected chi connectivity index (χ3v) is 6.15. The molecule has 0 bridgehead atoms. The van der Waals surface area contributed by atoms with Crippen molar-refractivity contribution in [1.82, 2.24) is 14.2 Å². The van der Waals surface area contributed by atoms with Gasteiger partial charge in [0.05, 0.1) is 18.6 Å². The van der Waals surface area contributed by atoms with E-state index in [1.807, 2.05) is 30.2 Å². The Kier molecular flexibility index (Phi) is 7.14. The number of hydrogen-bond donors (Lipinski definition) is 0. The minimum Gasteiger partial charge on any atom is -0.462 e. The molecule has 0 aliphatic carbocycles. The number of rotatable bonds is 6. The van der Waals surface area contributed by atoms with Crippen LogP contribution in [0.4, 0.5) is 13.2 Å². The number of halogens is 4. The van der Waals surface area contributed by atoms with E-state index in [0.29, 0.717) is 38.3 Å². The number of pyridine rings is 1. The zero-order chi connectivity index (χ0) is 22.1. The van der Waals surface area contributed by atoms with Crippen LogP contribution in [0.3, 0.4) is 0 Å². The molecule has 0 amide bonds. The maximum atomic E-state index is 12.5. The summed E-state index contributed by atoms with van der Waals surface area (Å²) in [6.45, 7) is 8.66. The minimum absolute atomic E-state index is 0.00839. The number of esters is 1. The van der Waals surface area contributed by atoms with Crippen molar-refractivity contribution >= 4 is 27.4 Å². The first-order chi connectivity index (χ1) is 14.1. The Morgan fingerprint density at radius 3 is 2.50 bits per heavy atom. The van der Waals surface area contributed by atoms with Crippen LogP contribution >= 0.6 is 15.9 Å². The van der Waals surface area contributed by atoms with E-state index in [9.17, 15) is 18.0 Å². The molecule has 2 aromatic heterocycles. The number of ether oxygens (including phenoxy) is 1. The average Bonchev–Trinajstić information content (AvgIpc) is 3.05. The van der Waals surface area contributed by atoms with Gasteiger partial charge >= 0.3 is 12.1 Å². The van der Waals surface area contributed by atoms with E-state index in [-0.39, 0.29) is 18.6 Å². The van der Waals surface area contributed by atoms with E-state index in [0.717, 1.165) is 21.2 Å². The molecule has 0 spiro atoms. The Hall–Kier alpha value is -1.58. The second-order valence-corrected chi connectivity index (χ2v) is 8.58.